The van der Waals surface area contributed by atoms with Crippen LogP contribution in [-0.2, 0) is 11.7 Å². The fraction of sp³-hybridized carbons (Fsp3) is 0.143. The molecular weight excluding hydrogens is 277 g/mol. The monoisotopic (exact) mass is 277 g/mol. The molecule has 0 aliphatic carbocycles. The molecule has 0 amide bonds. The molecule has 71 valence electrons. The second kappa shape index (κ2) is 4.43. The molecule has 1 rings (SSSR count). The van der Waals surface area contributed by atoms with Crippen molar-refractivity contribution in [1.29, 1.82) is 0 Å². The number of hydrogen-bond acceptors (Lipinski definition) is 0. The summed E-state index contributed by atoms with van der Waals surface area (Å²) in [5.74, 6) is 0. The van der Waals surface area contributed by atoms with Crippen LogP contribution in [0.25, 0.3) is 0 Å². The van der Waals surface area contributed by atoms with Crippen LogP contribution in [0.4, 0.5) is 0 Å². The Morgan fingerprint density at radius 2 is 1.00 bits per heavy atom. The van der Waals surface area contributed by atoms with Gasteiger partial charge in [-0.25, -0.2) is 5.11 Å². The second-order valence-electron chi connectivity index (χ2n) is 2.19. The minimum atomic E-state index is -0.589. The maximum Gasteiger partial charge on any atom is 0.110 e. The van der Waals surface area contributed by atoms with Gasteiger partial charge in [0.15, 0.2) is 0 Å². The third-order valence-corrected chi connectivity index (χ3v) is 3.80. The normalized spacial score (nSPS) is 10.6. The van der Waals surface area contributed by atoms with Gasteiger partial charge in [-0.05, 0) is 0 Å². The molecule has 1 radical (unpaired) electrons. The quantitative estimate of drug-likeness (QED) is 0.515. The molecule has 0 heterocycles. The zero-order chi connectivity index (χ0) is 10.2. The topological polar surface area (TPSA) is 19.9 Å². The molecule has 0 unspecified atom stereocenters. The zero-order valence-corrected chi connectivity index (χ0v) is 9.78. The van der Waals surface area contributed by atoms with E-state index in [4.69, 9.17) is 58.0 Å². The summed E-state index contributed by atoms with van der Waals surface area (Å²) in [6.07, 6.45) is 0. The minimum Gasteiger partial charge on any atom is -0.231 e. The smallest absolute Gasteiger partial charge is 0.110 e. The van der Waals surface area contributed by atoms with Crippen LogP contribution in [0.3, 0.4) is 0 Å². The average Bonchev–Trinajstić information content (AvgIpc) is 2.13. The first-order valence-electron chi connectivity index (χ1n) is 3.09. The van der Waals surface area contributed by atoms with Gasteiger partial charge < -0.3 is 0 Å². The van der Waals surface area contributed by atoms with Crippen LogP contribution < -0.4 is 0 Å². The molecule has 1 aromatic carbocycles. The Morgan fingerprint density at radius 3 is 1.31 bits per heavy atom. The van der Waals surface area contributed by atoms with Gasteiger partial charge in [0.25, 0.3) is 0 Å². The first-order valence-corrected chi connectivity index (χ1v) is 4.98. The predicted molar refractivity (Wildman–Crippen MR) is 55.9 cm³/mol. The summed E-state index contributed by atoms with van der Waals surface area (Å²) in [7, 11) is 0. The lowest BCUT2D eigenvalue weighted by molar-refractivity contribution is 0.178. The van der Waals surface area contributed by atoms with Gasteiger partial charge in [-0.2, -0.15) is 0 Å². The van der Waals surface area contributed by atoms with Crippen molar-refractivity contribution < 1.29 is 5.11 Å². The van der Waals surface area contributed by atoms with E-state index in [2.05, 4.69) is 0 Å². The van der Waals surface area contributed by atoms with Crippen LogP contribution in [0.15, 0.2) is 0 Å². The first-order chi connectivity index (χ1) is 6.00. The van der Waals surface area contributed by atoms with Crippen molar-refractivity contribution in [2.45, 2.75) is 6.61 Å². The van der Waals surface area contributed by atoms with E-state index in [1.54, 1.807) is 0 Å². The van der Waals surface area contributed by atoms with Crippen LogP contribution in [0, 0.1) is 0 Å². The van der Waals surface area contributed by atoms with Crippen molar-refractivity contribution in [3.63, 3.8) is 0 Å². The third kappa shape index (κ3) is 2.01. The maximum atomic E-state index is 10.7. The van der Waals surface area contributed by atoms with Crippen LogP contribution >= 0.6 is 58.0 Å². The fourth-order valence-electron chi connectivity index (χ4n) is 0.777. The summed E-state index contributed by atoms with van der Waals surface area (Å²) in [5, 5.41) is 11.0. The summed E-state index contributed by atoms with van der Waals surface area (Å²) < 4.78 is 0. The van der Waals surface area contributed by atoms with Crippen molar-refractivity contribution in [2.75, 3.05) is 0 Å². The molecule has 0 saturated heterocycles. The Labute approximate surface area is 100 Å². The van der Waals surface area contributed by atoms with Crippen molar-refractivity contribution >= 4 is 58.0 Å². The minimum absolute atomic E-state index is 0.0589. The standard InChI is InChI=1S/C7H2Cl5O/c8-3-2(1-13)4(9)6(11)7(12)5(3)10/h1H2. The Balaban J connectivity index is 3.56. The molecule has 0 fully saturated rings. The lowest BCUT2D eigenvalue weighted by atomic mass is 10.2. The highest BCUT2D eigenvalue weighted by molar-refractivity contribution is 6.55. The molecule has 0 aliphatic heterocycles. The molecule has 0 aliphatic rings. The highest BCUT2D eigenvalue weighted by atomic mass is 35.5. The van der Waals surface area contributed by atoms with Gasteiger partial charge in [0.2, 0.25) is 0 Å². The molecule has 1 nitrogen and oxygen atoms in total. The number of rotatable bonds is 1. The van der Waals surface area contributed by atoms with E-state index >= 15 is 0 Å². The molecule has 0 atom stereocenters. The van der Waals surface area contributed by atoms with Crippen molar-refractivity contribution in [3.05, 3.63) is 30.7 Å². The Morgan fingerprint density at radius 1 is 0.692 bits per heavy atom. The molecule has 1 aromatic rings. The number of halogens is 5. The third-order valence-electron chi connectivity index (χ3n) is 1.45. The number of benzene rings is 1. The molecule has 0 N–H and O–H groups in total. The lowest BCUT2D eigenvalue weighted by Crippen LogP contribution is -1.89. The fourth-order valence-corrected chi connectivity index (χ4v) is 2.06. The van der Waals surface area contributed by atoms with Crippen LogP contribution in [-0.4, -0.2) is 0 Å². The van der Waals surface area contributed by atoms with Crippen LogP contribution in [0.2, 0.25) is 25.1 Å². The molecule has 0 aromatic heterocycles. The van der Waals surface area contributed by atoms with Crippen LogP contribution in [0.1, 0.15) is 5.56 Å². The largest absolute Gasteiger partial charge is 0.231 e. The van der Waals surface area contributed by atoms with Gasteiger partial charge in [-0.3, -0.25) is 0 Å². The van der Waals surface area contributed by atoms with E-state index in [9.17, 15) is 5.11 Å². The van der Waals surface area contributed by atoms with E-state index < -0.39 is 6.61 Å². The van der Waals surface area contributed by atoms with Gasteiger partial charge in [0.05, 0.1) is 25.1 Å². The summed E-state index contributed by atoms with van der Waals surface area (Å²) in [4.78, 5) is 0. The molecule has 0 spiro atoms. The molecule has 0 saturated carbocycles. The summed E-state index contributed by atoms with van der Waals surface area (Å²) in [6.45, 7) is -0.589. The van der Waals surface area contributed by atoms with Crippen molar-refractivity contribution in [3.8, 4) is 0 Å². The van der Waals surface area contributed by atoms with Crippen molar-refractivity contribution in [1.82, 2.24) is 0 Å². The molecule has 13 heavy (non-hydrogen) atoms. The van der Waals surface area contributed by atoms with Gasteiger partial charge in [-0.15, -0.1) is 0 Å². The Hall–Kier alpha value is 0.630. The van der Waals surface area contributed by atoms with Crippen LogP contribution in [0.5, 0.6) is 0 Å². The summed E-state index contributed by atoms with van der Waals surface area (Å²) in [5.41, 5.74) is 0.169. The number of hydrogen-bond donors (Lipinski definition) is 0. The van der Waals surface area contributed by atoms with Gasteiger partial charge in [-0.1, -0.05) is 58.0 Å². The maximum absolute atomic E-state index is 10.7. The van der Waals surface area contributed by atoms with Crippen molar-refractivity contribution in [2.24, 2.45) is 0 Å². The van der Waals surface area contributed by atoms with E-state index in [0.717, 1.165) is 0 Å². The molecule has 6 heteroatoms. The average molecular weight is 279 g/mol. The second-order valence-corrected chi connectivity index (χ2v) is 4.08. The van der Waals surface area contributed by atoms with E-state index in [1.165, 1.54) is 0 Å². The van der Waals surface area contributed by atoms with E-state index in [0.29, 0.717) is 0 Å². The zero-order valence-electron chi connectivity index (χ0n) is 6.01. The summed E-state index contributed by atoms with van der Waals surface area (Å²) >= 11 is 28.5. The highest BCUT2D eigenvalue weighted by Gasteiger charge is 2.18. The first kappa shape index (κ1) is 11.7. The highest BCUT2D eigenvalue weighted by Crippen LogP contribution is 2.43. The van der Waals surface area contributed by atoms with Gasteiger partial charge in [0.1, 0.15) is 6.61 Å². The van der Waals surface area contributed by atoms with Gasteiger partial charge >= 0.3 is 0 Å². The SMILES string of the molecule is [O]Cc1c(Cl)c(Cl)c(Cl)c(Cl)c1Cl. The van der Waals surface area contributed by atoms with E-state index in [1.807, 2.05) is 0 Å². The predicted octanol–water partition coefficient (Wildman–Crippen LogP) is 4.88. The van der Waals surface area contributed by atoms with E-state index in [-0.39, 0.29) is 30.7 Å². The molecule has 0 bridgehead atoms. The molecular formula is C7H2Cl5O. The summed E-state index contributed by atoms with van der Waals surface area (Å²) in [6, 6.07) is 0. The Bertz CT molecular complexity index is 320. The lowest BCUT2D eigenvalue weighted by Gasteiger charge is -2.08. The Kier molecular flexibility index (Phi) is 3.99. The van der Waals surface area contributed by atoms with Gasteiger partial charge in [0, 0.05) is 5.56 Å².